The first-order valence-corrected chi connectivity index (χ1v) is 7.83. The number of carbonyl (C=O) groups is 1. The first-order chi connectivity index (χ1) is 9.46. The molecule has 1 aliphatic carbocycles. The normalized spacial score (nSPS) is 29.6. The van der Waals surface area contributed by atoms with Crippen LogP contribution in [0.2, 0.25) is 0 Å². The van der Waals surface area contributed by atoms with Crippen molar-refractivity contribution in [3.8, 4) is 0 Å². The SMILES string of the molecule is CCOC1CC(N)(C(=O)NCC(C)(C)CC(C)O)C1(C)C. The fraction of sp³-hybridized carbons (Fsp3) is 0.938. The fourth-order valence-corrected chi connectivity index (χ4v) is 3.17. The average Bonchev–Trinajstić information content (AvgIpc) is 2.34. The van der Waals surface area contributed by atoms with E-state index in [2.05, 4.69) is 5.32 Å². The van der Waals surface area contributed by atoms with E-state index in [4.69, 9.17) is 10.5 Å². The van der Waals surface area contributed by atoms with E-state index >= 15 is 0 Å². The molecule has 0 saturated heterocycles. The molecule has 0 aromatic rings. The van der Waals surface area contributed by atoms with Crippen molar-refractivity contribution in [3.63, 3.8) is 0 Å². The molecule has 1 rings (SSSR count). The van der Waals surface area contributed by atoms with E-state index in [9.17, 15) is 9.90 Å². The third-order valence-corrected chi connectivity index (χ3v) is 4.81. The number of ether oxygens (including phenoxy) is 1. The molecular weight excluding hydrogens is 268 g/mol. The van der Waals surface area contributed by atoms with Gasteiger partial charge < -0.3 is 20.9 Å². The number of carbonyl (C=O) groups excluding carboxylic acids is 1. The number of rotatable bonds is 7. The summed E-state index contributed by atoms with van der Waals surface area (Å²) in [5.41, 5.74) is 4.92. The zero-order valence-corrected chi connectivity index (χ0v) is 14.3. The van der Waals surface area contributed by atoms with E-state index in [0.29, 0.717) is 26.0 Å². The Hall–Kier alpha value is -0.650. The van der Waals surface area contributed by atoms with Crippen molar-refractivity contribution in [3.05, 3.63) is 0 Å². The van der Waals surface area contributed by atoms with Crippen LogP contribution in [0.5, 0.6) is 0 Å². The Balaban J connectivity index is 2.61. The van der Waals surface area contributed by atoms with Gasteiger partial charge in [0.2, 0.25) is 5.91 Å². The van der Waals surface area contributed by atoms with E-state index in [0.717, 1.165) is 0 Å². The van der Waals surface area contributed by atoms with Gasteiger partial charge >= 0.3 is 0 Å². The molecule has 0 aliphatic heterocycles. The van der Waals surface area contributed by atoms with Gasteiger partial charge in [-0.15, -0.1) is 0 Å². The van der Waals surface area contributed by atoms with Gasteiger partial charge in [0.15, 0.2) is 0 Å². The Bertz CT molecular complexity index is 380. The quantitative estimate of drug-likeness (QED) is 0.664. The van der Waals surface area contributed by atoms with Crippen molar-refractivity contribution in [2.45, 2.75) is 72.1 Å². The lowest BCUT2D eigenvalue weighted by Gasteiger charge is -2.57. The lowest BCUT2D eigenvalue weighted by atomic mass is 9.54. The van der Waals surface area contributed by atoms with Crippen LogP contribution in [0.1, 0.15) is 54.4 Å². The number of hydrogen-bond donors (Lipinski definition) is 3. The monoisotopic (exact) mass is 300 g/mol. The highest BCUT2D eigenvalue weighted by atomic mass is 16.5. The molecule has 1 amide bonds. The molecule has 1 aliphatic rings. The molecule has 1 fully saturated rings. The van der Waals surface area contributed by atoms with Gasteiger partial charge in [-0.25, -0.2) is 0 Å². The third kappa shape index (κ3) is 3.76. The van der Waals surface area contributed by atoms with Crippen molar-refractivity contribution < 1.29 is 14.6 Å². The molecule has 0 heterocycles. The molecule has 0 aromatic carbocycles. The summed E-state index contributed by atoms with van der Waals surface area (Å²) in [6.45, 7) is 12.9. The molecule has 0 aromatic heterocycles. The summed E-state index contributed by atoms with van der Waals surface area (Å²) in [6, 6.07) is 0. The molecule has 124 valence electrons. The van der Waals surface area contributed by atoms with Crippen LogP contribution in [0.15, 0.2) is 0 Å². The molecule has 3 atom stereocenters. The van der Waals surface area contributed by atoms with Crippen LogP contribution in [-0.4, -0.2) is 41.9 Å². The summed E-state index contributed by atoms with van der Waals surface area (Å²) >= 11 is 0. The second-order valence-corrected chi connectivity index (χ2v) is 7.74. The summed E-state index contributed by atoms with van der Waals surface area (Å²) < 4.78 is 5.64. The van der Waals surface area contributed by atoms with Crippen molar-refractivity contribution in [1.29, 1.82) is 0 Å². The predicted octanol–water partition coefficient (Wildman–Crippen LogP) is 1.43. The maximum atomic E-state index is 12.5. The minimum Gasteiger partial charge on any atom is -0.393 e. The van der Waals surface area contributed by atoms with E-state index in [-0.39, 0.29) is 28.9 Å². The molecule has 3 unspecified atom stereocenters. The van der Waals surface area contributed by atoms with Crippen LogP contribution in [0.25, 0.3) is 0 Å². The van der Waals surface area contributed by atoms with Crippen LogP contribution in [0, 0.1) is 10.8 Å². The summed E-state index contributed by atoms with van der Waals surface area (Å²) in [5.74, 6) is -0.123. The number of hydrogen-bond acceptors (Lipinski definition) is 4. The highest BCUT2D eigenvalue weighted by Crippen LogP contribution is 2.49. The number of aliphatic hydroxyl groups is 1. The Morgan fingerprint density at radius 2 is 2.10 bits per heavy atom. The van der Waals surface area contributed by atoms with Gasteiger partial charge in [-0.05, 0) is 25.7 Å². The molecule has 0 bridgehead atoms. The second kappa shape index (κ2) is 6.23. The van der Waals surface area contributed by atoms with Gasteiger partial charge in [-0.1, -0.05) is 27.7 Å². The maximum absolute atomic E-state index is 12.5. The van der Waals surface area contributed by atoms with Crippen LogP contribution >= 0.6 is 0 Å². The first kappa shape index (κ1) is 18.4. The van der Waals surface area contributed by atoms with Crippen LogP contribution in [-0.2, 0) is 9.53 Å². The summed E-state index contributed by atoms with van der Waals surface area (Å²) in [6.07, 6.45) is 0.835. The highest BCUT2D eigenvalue weighted by molar-refractivity contribution is 5.88. The van der Waals surface area contributed by atoms with E-state index in [1.807, 2.05) is 34.6 Å². The van der Waals surface area contributed by atoms with Gasteiger partial charge in [-0.3, -0.25) is 4.79 Å². The minimum atomic E-state index is -0.881. The van der Waals surface area contributed by atoms with Gasteiger partial charge in [0.1, 0.15) is 5.54 Å². The predicted molar refractivity (Wildman–Crippen MR) is 83.8 cm³/mol. The van der Waals surface area contributed by atoms with E-state index in [1.54, 1.807) is 6.92 Å². The first-order valence-electron chi connectivity index (χ1n) is 7.83. The molecule has 1 saturated carbocycles. The molecule has 21 heavy (non-hydrogen) atoms. The fourth-order valence-electron chi connectivity index (χ4n) is 3.17. The third-order valence-electron chi connectivity index (χ3n) is 4.81. The maximum Gasteiger partial charge on any atom is 0.240 e. The zero-order valence-electron chi connectivity index (χ0n) is 14.3. The standard InChI is InChI=1S/C16H32N2O3/c1-7-21-12-9-16(17,15(12,5)6)13(20)18-10-14(3,4)8-11(2)19/h11-12,19H,7-10,17H2,1-6H3,(H,18,20). The molecule has 4 N–H and O–H groups in total. The minimum absolute atomic E-state index is 0.0312. The lowest BCUT2D eigenvalue weighted by Crippen LogP contribution is -2.76. The Morgan fingerprint density at radius 3 is 2.52 bits per heavy atom. The summed E-state index contributed by atoms with van der Waals surface area (Å²) in [4.78, 5) is 12.5. The Labute approximate surface area is 128 Å². The number of amides is 1. The zero-order chi connectivity index (χ0) is 16.5. The Kier molecular flexibility index (Phi) is 5.45. The lowest BCUT2D eigenvalue weighted by molar-refractivity contribution is -0.171. The van der Waals surface area contributed by atoms with E-state index < -0.39 is 5.54 Å². The number of nitrogens with one attached hydrogen (secondary N) is 1. The second-order valence-electron chi connectivity index (χ2n) is 7.74. The average molecular weight is 300 g/mol. The number of aliphatic hydroxyl groups excluding tert-OH is 1. The van der Waals surface area contributed by atoms with Gasteiger partial charge in [0, 0.05) is 25.0 Å². The van der Waals surface area contributed by atoms with Crippen molar-refractivity contribution >= 4 is 5.91 Å². The van der Waals surface area contributed by atoms with E-state index in [1.165, 1.54) is 0 Å². The van der Waals surface area contributed by atoms with Gasteiger partial charge in [0.05, 0.1) is 12.2 Å². The summed E-state index contributed by atoms with van der Waals surface area (Å²) in [5, 5.41) is 12.5. The van der Waals surface area contributed by atoms with Gasteiger partial charge in [-0.2, -0.15) is 0 Å². The van der Waals surface area contributed by atoms with Crippen LogP contribution < -0.4 is 11.1 Å². The molecule has 0 radical (unpaired) electrons. The highest BCUT2D eigenvalue weighted by Gasteiger charge is 2.62. The van der Waals surface area contributed by atoms with Gasteiger partial charge in [0.25, 0.3) is 0 Å². The molecule has 0 spiro atoms. The molecule has 5 heteroatoms. The van der Waals surface area contributed by atoms with Crippen molar-refractivity contribution in [2.24, 2.45) is 16.6 Å². The van der Waals surface area contributed by atoms with Crippen molar-refractivity contribution in [2.75, 3.05) is 13.2 Å². The Morgan fingerprint density at radius 1 is 1.52 bits per heavy atom. The smallest absolute Gasteiger partial charge is 0.240 e. The molecular formula is C16H32N2O3. The topological polar surface area (TPSA) is 84.6 Å². The molecule has 5 nitrogen and oxygen atoms in total. The van der Waals surface area contributed by atoms with Crippen LogP contribution in [0.4, 0.5) is 0 Å². The number of nitrogens with two attached hydrogens (primary N) is 1. The van der Waals surface area contributed by atoms with Crippen molar-refractivity contribution in [1.82, 2.24) is 5.32 Å². The largest absolute Gasteiger partial charge is 0.393 e. The van der Waals surface area contributed by atoms with Crippen LogP contribution in [0.3, 0.4) is 0 Å². The summed E-state index contributed by atoms with van der Waals surface area (Å²) in [7, 11) is 0.